The number of aryl methyl sites for hydroxylation is 2. The van der Waals surface area contributed by atoms with Crippen molar-refractivity contribution in [2.24, 2.45) is 7.05 Å². The van der Waals surface area contributed by atoms with Crippen LogP contribution < -0.4 is 15.8 Å². The Morgan fingerprint density at radius 1 is 0.969 bits per heavy atom. The van der Waals surface area contributed by atoms with Gasteiger partial charge in [0.15, 0.2) is 0 Å². The summed E-state index contributed by atoms with van der Waals surface area (Å²) in [4.78, 5) is 24.3. The highest BCUT2D eigenvalue weighted by Crippen LogP contribution is 2.24. The molecule has 2 aromatic heterocycles. The monoisotopic (exact) mass is 428 g/mol. The van der Waals surface area contributed by atoms with E-state index in [4.69, 9.17) is 0 Å². The van der Waals surface area contributed by atoms with E-state index < -0.39 is 0 Å². The van der Waals surface area contributed by atoms with Gasteiger partial charge in [-0.2, -0.15) is 0 Å². The summed E-state index contributed by atoms with van der Waals surface area (Å²) in [5, 5.41) is 4.07. The van der Waals surface area contributed by atoms with E-state index >= 15 is 0 Å². The van der Waals surface area contributed by atoms with Gasteiger partial charge in [0.1, 0.15) is 0 Å². The highest BCUT2D eigenvalue weighted by atomic mass is 16.1. The number of benzene rings is 2. The Morgan fingerprint density at radius 2 is 1.72 bits per heavy atom. The summed E-state index contributed by atoms with van der Waals surface area (Å²) in [5.74, 6) is 0.767. The first-order valence-corrected chi connectivity index (χ1v) is 11.0. The summed E-state index contributed by atoms with van der Waals surface area (Å²) in [6, 6.07) is 12.4. The van der Waals surface area contributed by atoms with Crippen LogP contribution in [0.4, 0.5) is 5.95 Å². The highest BCUT2D eigenvalue weighted by Gasteiger charge is 2.15. The smallest absolute Gasteiger partial charge is 0.274 e. The molecule has 0 amide bonds. The maximum absolute atomic E-state index is 12.9. The largest absolute Gasteiger partial charge is 0.338 e. The lowest BCUT2D eigenvalue weighted by Crippen LogP contribution is -2.44. The van der Waals surface area contributed by atoms with Gasteiger partial charge in [-0.25, -0.2) is 9.97 Å². The maximum atomic E-state index is 12.9. The molecule has 0 unspecified atom stereocenters. The van der Waals surface area contributed by atoms with Crippen LogP contribution in [0.15, 0.2) is 53.6 Å². The summed E-state index contributed by atoms with van der Waals surface area (Å²) in [5.41, 5.74) is 6.54. The average Bonchev–Trinajstić information content (AvgIpc) is 3.06. The minimum Gasteiger partial charge on any atom is -0.338 e. The standard InChI is InChI=1S/C25H28N6O/c1-17-4-5-18(2)20(12-17)16-31-23-13-19(6-7-22(23)24(32)29(31)3)21-14-27-25(28-15-21)30-10-8-26-9-11-30/h4-7,12-15,26H,8-11,16H2,1-3H3. The molecule has 1 fully saturated rings. The van der Waals surface area contributed by atoms with Gasteiger partial charge < -0.3 is 10.2 Å². The third-order valence-electron chi connectivity index (χ3n) is 6.36. The van der Waals surface area contributed by atoms with Crippen LogP contribution in [0.2, 0.25) is 0 Å². The average molecular weight is 429 g/mol. The summed E-state index contributed by atoms with van der Waals surface area (Å²) in [6.45, 7) is 8.59. The van der Waals surface area contributed by atoms with Crippen molar-refractivity contribution in [3.05, 3.63) is 75.8 Å². The Kier molecular flexibility index (Phi) is 5.27. The number of hydrogen-bond donors (Lipinski definition) is 1. The van der Waals surface area contributed by atoms with E-state index in [0.29, 0.717) is 6.54 Å². The second kappa shape index (κ2) is 8.24. The van der Waals surface area contributed by atoms with Gasteiger partial charge in [-0.1, -0.05) is 29.8 Å². The molecule has 1 N–H and O–H groups in total. The van der Waals surface area contributed by atoms with Crippen molar-refractivity contribution in [1.82, 2.24) is 24.6 Å². The van der Waals surface area contributed by atoms with Crippen LogP contribution in [-0.4, -0.2) is 45.5 Å². The quantitative estimate of drug-likeness (QED) is 0.541. The van der Waals surface area contributed by atoms with Crippen molar-refractivity contribution >= 4 is 16.9 Å². The molecular weight excluding hydrogens is 400 g/mol. The van der Waals surface area contributed by atoms with Gasteiger partial charge >= 0.3 is 0 Å². The SMILES string of the molecule is Cc1ccc(C)c(Cn2c3cc(-c4cnc(N5CCNCC5)nc4)ccc3c(=O)n2C)c1. The molecule has 7 nitrogen and oxygen atoms in total. The lowest BCUT2D eigenvalue weighted by molar-refractivity contribution is 0.553. The molecule has 0 bridgehead atoms. The fourth-order valence-electron chi connectivity index (χ4n) is 4.37. The van der Waals surface area contributed by atoms with Gasteiger partial charge in [-0.05, 0) is 42.7 Å². The van der Waals surface area contributed by atoms with Crippen molar-refractivity contribution in [2.75, 3.05) is 31.1 Å². The van der Waals surface area contributed by atoms with Gasteiger partial charge in [-0.3, -0.25) is 14.2 Å². The molecule has 1 aliphatic rings. The first-order chi connectivity index (χ1) is 15.5. The van der Waals surface area contributed by atoms with Crippen molar-refractivity contribution < 1.29 is 0 Å². The van der Waals surface area contributed by atoms with Crippen molar-refractivity contribution in [3.8, 4) is 11.1 Å². The van der Waals surface area contributed by atoms with Crippen LogP contribution in [0.25, 0.3) is 22.0 Å². The van der Waals surface area contributed by atoms with Gasteiger partial charge in [0, 0.05) is 51.2 Å². The van der Waals surface area contributed by atoms with Gasteiger partial charge in [-0.15, -0.1) is 0 Å². The van der Waals surface area contributed by atoms with E-state index in [0.717, 1.165) is 54.2 Å². The van der Waals surface area contributed by atoms with Crippen LogP contribution >= 0.6 is 0 Å². The van der Waals surface area contributed by atoms with E-state index in [1.807, 2.05) is 31.6 Å². The summed E-state index contributed by atoms with van der Waals surface area (Å²) < 4.78 is 3.76. The fraction of sp³-hybridized carbons (Fsp3) is 0.320. The number of hydrogen-bond acceptors (Lipinski definition) is 5. The molecule has 5 rings (SSSR count). The molecule has 2 aromatic carbocycles. The predicted molar refractivity (Wildman–Crippen MR) is 128 cm³/mol. The van der Waals surface area contributed by atoms with Crippen molar-refractivity contribution in [1.29, 1.82) is 0 Å². The maximum Gasteiger partial charge on any atom is 0.274 e. The molecule has 3 heterocycles. The molecular formula is C25H28N6O. The third kappa shape index (κ3) is 3.69. The Balaban J connectivity index is 1.52. The third-order valence-corrected chi connectivity index (χ3v) is 6.36. The van der Waals surface area contributed by atoms with Gasteiger partial charge in [0.2, 0.25) is 5.95 Å². The molecule has 0 atom stereocenters. The molecule has 1 saturated heterocycles. The topological polar surface area (TPSA) is 68.0 Å². The number of anilines is 1. The van der Waals surface area contributed by atoms with Gasteiger partial charge in [0.05, 0.1) is 17.4 Å². The Bertz CT molecular complexity index is 1330. The normalized spacial score (nSPS) is 14.3. The zero-order chi connectivity index (χ0) is 22.2. The van der Waals surface area contributed by atoms with Crippen molar-refractivity contribution in [2.45, 2.75) is 20.4 Å². The lowest BCUT2D eigenvalue weighted by Gasteiger charge is -2.27. The molecule has 32 heavy (non-hydrogen) atoms. The second-order valence-corrected chi connectivity index (χ2v) is 8.56. The molecule has 164 valence electrons. The number of aromatic nitrogens is 4. The summed E-state index contributed by atoms with van der Waals surface area (Å²) >= 11 is 0. The zero-order valence-corrected chi connectivity index (χ0v) is 18.8. The van der Waals surface area contributed by atoms with Crippen LogP contribution in [-0.2, 0) is 13.6 Å². The number of nitrogens with zero attached hydrogens (tertiary/aromatic N) is 5. The van der Waals surface area contributed by atoms with E-state index in [1.165, 1.54) is 16.7 Å². The Hall–Kier alpha value is -3.45. The van der Waals surface area contributed by atoms with E-state index in [-0.39, 0.29) is 5.56 Å². The van der Waals surface area contributed by atoms with Crippen LogP contribution in [0.5, 0.6) is 0 Å². The number of fused-ring (bicyclic) bond motifs is 1. The van der Waals surface area contributed by atoms with E-state index in [9.17, 15) is 4.79 Å². The number of nitrogens with one attached hydrogen (secondary N) is 1. The minimum atomic E-state index is 0.0159. The molecule has 0 spiro atoms. The minimum absolute atomic E-state index is 0.0159. The second-order valence-electron chi connectivity index (χ2n) is 8.56. The van der Waals surface area contributed by atoms with Crippen LogP contribution in [0, 0.1) is 13.8 Å². The first-order valence-electron chi connectivity index (χ1n) is 11.0. The predicted octanol–water partition coefficient (Wildman–Crippen LogP) is 2.87. The van der Waals surface area contributed by atoms with E-state index in [2.05, 4.69) is 63.0 Å². The van der Waals surface area contributed by atoms with E-state index in [1.54, 1.807) is 4.68 Å². The van der Waals surface area contributed by atoms with Crippen LogP contribution in [0.1, 0.15) is 16.7 Å². The molecule has 4 aromatic rings. The van der Waals surface area contributed by atoms with Crippen molar-refractivity contribution in [3.63, 3.8) is 0 Å². The number of piperazine rings is 1. The highest BCUT2D eigenvalue weighted by molar-refractivity contribution is 5.84. The van der Waals surface area contributed by atoms with Crippen LogP contribution in [0.3, 0.4) is 0 Å². The Labute approximate surface area is 187 Å². The number of rotatable bonds is 4. The summed E-state index contributed by atoms with van der Waals surface area (Å²) in [7, 11) is 1.83. The molecule has 1 aliphatic heterocycles. The molecule has 0 radical (unpaired) electrons. The fourth-order valence-corrected chi connectivity index (χ4v) is 4.37. The Morgan fingerprint density at radius 3 is 2.47 bits per heavy atom. The zero-order valence-electron chi connectivity index (χ0n) is 18.8. The lowest BCUT2D eigenvalue weighted by atomic mass is 10.1. The summed E-state index contributed by atoms with van der Waals surface area (Å²) in [6.07, 6.45) is 3.75. The van der Waals surface area contributed by atoms with Gasteiger partial charge in [0.25, 0.3) is 5.56 Å². The first kappa shape index (κ1) is 20.5. The molecule has 0 aliphatic carbocycles. The molecule has 7 heteroatoms. The molecule has 0 saturated carbocycles.